The number of hydrogen-bond donors (Lipinski definition) is 1. The summed E-state index contributed by atoms with van der Waals surface area (Å²) in [6, 6.07) is 7.17. The molecule has 0 bridgehead atoms. The van der Waals surface area contributed by atoms with Crippen molar-refractivity contribution >= 4 is 17.5 Å². The number of carbonyl (C=O) groups is 1. The van der Waals surface area contributed by atoms with E-state index in [1.807, 2.05) is 6.07 Å². The van der Waals surface area contributed by atoms with Gasteiger partial charge >= 0.3 is 0 Å². The van der Waals surface area contributed by atoms with E-state index in [4.69, 9.17) is 21.6 Å². The Morgan fingerprint density at radius 1 is 1.31 bits per heavy atom. The zero-order valence-electron chi connectivity index (χ0n) is 14.3. The van der Waals surface area contributed by atoms with Gasteiger partial charge in [0.15, 0.2) is 5.69 Å². The van der Waals surface area contributed by atoms with Crippen molar-refractivity contribution in [2.45, 2.75) is 44.8 Å². The third-order valence-corrected chi connectivity index (χ3v) is 4.59. The van der Waals surface area contributed by atoms with Crippen LogP contribution in [0, 0.1) is 18.3 Å². The number of aromatic nitrogens is 3. The van der Waals surface area contributed by atoms with Crippen LogP contribution in [0.25, 0.3) is 0 Å². The van der Waals surface area contributed by atoms with Crippen molar-refractivity contribution in [1.29, 1.82) is 5.26 Å². The molecule has 1 aromatic heterocycles. The van der Waals surface area contributed by atoms with E-state index in [1.54, 1.807) is 25.1 Å². The zero-order chi connectivity index (χ0) is 18.5. The van der Waals surface area contributed by atoms with E-state index in [9.17, 15) is 4.79 Å². The topological polar surface area (TPSA) is 101 Å². The molecule has 0 atom stereocenters. The van der Waals surface area contributed by atoms with Gasteiger partial charge in [-0.2, -0.15) is 5.26 Å². The van der Waals surface area contributed by atoms with Crippen LogP contribution < -0.4 is 10.1 Å². The molecule has 1 aliphatic carbocycles. The zero-order valence-corrected chi connectivity index (χ0v) is 15.0. The van der Waals surface area contributed by atoms with Gasteiger partial charge in [0.1, 0.15) is 17.6 Å². The Bertz CT molecular complexity index is 826. The Morgan fingerprint density at radius 2 is 2.08 bits per heavy atom. The minimum Gasteiger partial charge on any atom is -0.490 e. The molecule has 0 aliphatic heterocycles. The van der Waals surface area contributed by atoms with Gasteiger partial charge in [-0.05, 0) is 44.7 Å². The molecule has 2 aromatic rings. The molecule has 1 saturated carbocycles. The minimum absolute atomic E-state index is 0.0630. The van der Waals surface area contributed by atoms with Gasteiger partial charge in [0.2, 0.25) is 0 Å². The predicted molar refractivity (Wildman–Crippen MR) is 94.9 cm³/mol. The molecule has 8 heteroatoms. The largest absolute Gasteiger partial charge is 0.490 e. The summed E-state index contributed by atoms with van der Waals surface area (Å²) in [7, 11) is 0. The fraction of sp³-hybridized carbons (Fsp3) is 0.389. The normalized spacial score (nSPS) is 19.4. The van der Waals surface area contributed by atoms with Gasteiger partial charge in [-0.1, -0.05) is 11.6 Å². The van der Waals surface area contributed by atoms with Crippen LogP contribution in [0.4, 0.5) is 0 Å². The fourth-order valence-electron chi connectivity index (χ4n) is 2.87. The van der Waals surface area contributed by atoms with Crippen LogP contribution in [-0.4, -0.2) is 33.2 Å². The van der Waals surface area contributed by atoms with E-state index in [1.165, 1.54) is 6.20 Å². The lowest BCUT2D eigenvalue weighted by atomic mass is 9.93. The molecule has 1 aromatic carbocycles. The lowest BCUT2D eigenvalue weighted by molar-refractivity contribution is 0.0887. The molecule has 0 saturated heterocycles. The van der Waals surface area contributed by atoms with E-state index < -0.39 is 0 Å². The van der Waals surface area contributed by atoms with E-state index in [0.717, 1.165) is 25.7 Å². The van der Waals surface area contributed by atoms with Crippen molar-refractivity contribution in [1.82, 2.24) is 20.5 Å². The van der Waals surface area contributed by atoms with Crippen molar-refractivity contribution in [3.8, 4) is 11.8 Å². The summed E-state index contributed by atoms with van der Waals surface area (Å²) in [5.74, 6) is 0.929. The van der Waals surface area contributed by atoms with Gasteiger partial charge in [0, 0.05) is 12.1 Å². The van der Waals surface area contributed by atoms with Crippen molar-refractivity contribution in [3.05, 3.63) is 46.5 Å². The number of amides is 1. The number of nitrogens with one attached hydrogen (secondary N) is 1. The summed E-state index contributed by atoms with van der Waals surface area (Å²) in [5, 5.41) is 19.9. The molecule has 7 nitrogen and oxygen atoms in total. The highest BCUT2D eigenvalue weighted by Crippen LogP contribution is 2.27. The highest BCUT2D eigenvalue weighted by atomic mass is 35.5. The number of nitrogens with zero attached hydrogens (tertiary/aromatic N) is 4. The molecule has 26 heavy (non-hydrogen) atoms. The molecule has 0 radical (unpaired) electrons. The first-order valence-corrected chi connectivity index (χ1v) is 8.76. The van der Waals surface area contributed by atoms with Crippen LogP contribution in [0.1, 0.15) is 47.6 Å². The Kier molecular flexibility index (Phi) is 5.64. The van der Waals surface area contributed by atoms with Crippen LogP contribution in [0.5, 0.6) is 5.75 Å². The average molecular weight is 372 g/mol. The molecule has 0 spiro atoms. The van der Waals surface area contributed by atoms with Crippen LogP contribution >= 0.6 is 11.6 Å². The van der Waals surface area contributed by atoms with E-state index >= 15 is 0 Å². The Labute approximate surface area is 156 Å². The maximum absolute atomic E-state index is 12.2. The second-order valence-electron chi connectivity index (χ2n) is 6.21. The molecular formula is C18H18ClN5O2. The molecule has 0 unspecified atom stereocenters. The summed E-state index contributed by atoms with van der Waals surface area (Å²) in [6.45, 7) is 1.72. The molecule has 3 rings (SSSR count). The maximum atomic E-state index is 12.2. The summed E-state index contributed by atoms with van der Waals surface area (Å²) in [4.78, 5) is 16.2. The second kappa shape index (κ2) is 8.11. The van der Waals surface area contributed by atoms with Gasteiger partial charge in [0.05, 0.1) is 22.9 Å². The number of halogens is 1. The van der Waals surface area contributed by atoms with Crippen molar-refractivity contribution in [2.75, 3.05) is 0 Å². The first kappa shape index (κ1) is 18.1. The first-order valence-electron chi connectivity index (χ1n) is 8.38. The molecule has 1 N–H and O–H groups in total. The lowest BCUT2D eigenvalue weighted by Crippen LogP contribution is -2.40. The first-order chi connectivity index (χ1) is 12.5. The average Bonchev–Trinajstić information content (AvgIpc) is 2.64. The van der Waals surface area contributed by atoms with Gasteiger partial charge in [0.25, 0.3) is 5.91 Å². The SMILES string of the molecule is Cc1ncc(C(=O)N[C@H]2CC[C@H](Oc3ccc(C#N)c(Cl)c3)CC2)nn1. The Hall–Kier alpha value is -2.72. The Morgan fingerprint density at radius 3 is 2.69 bits per heavy atom. The third-order valence-electron chi connectivity index (χ3n) is 4.28. The maximum Gasteiger partial charge on any atom is 0.273 e. The third kappa shape index (κ3) is 4.46. The van der Waals surface area contributed by atoms with Gasteiger partial charge in [-0.15, -0.1) is 10.2 Å². The van der Waals surface area contributed by atoms with Gasteiger partial charge in [-0.3, -0.25) is 4.79 Å². The number of nitriles is 1. The molecule has 1 heterocycles. The van der Waals surface area contributed by atoms with Gasteiger partial charge < -0.3 is 10.1 Å². The van der Waals surface area contributed by atoms with Crippen LogP contribution in [0.2, 0.25) is 5.02 Å². The predicted octanol–water partition coefficient (Wildman–Crippen LogP) is 2.83. The summed E-state index contributed by atoms with van der Waals surface area (Å²) in [5.41, 5.74) is 0.653. The quantitative estimate of drug-likeness (QED) is 0.886. The highest BCUT2D eigenvalue weighted by molar-refractivity contribution is 6.31. The second-order valence-corrected chi connectivity index (χ2v) is 6.62. The number of ether oxygens (including phenoxy) is 1. The Balaban J connectivity index is 1.49. The molecular weight excluding hydrogens is 354 g/mol. The van der Waals surface area contributed by atoms with Crippen LogP contribution in [0.15, 0.2) is 24.4 Å². The number of benzene rings is 1. The highest BCUT2D eigenvalue weighted by Gasteiger charge is 2.24. The van der Waals surface area contributed by atoms with Crippen LogP contribution in [0.3, 0.4) is 0 Å². The molecule has 1 amide bonds. The molecule has 1 fully saturated rings. The standard InChI is InChI=1S/C18H18ClN5O2/c1-11-21-10-17(24-23-11)18(25)22-13-3-6-14(7-4-13)26-15-5-2-12(9-20)16(19)8-15/h2,5,8,10,13-14H,3-4,6-7H2,1H3,(H,22,25)/t13-,14-. The van der Waals surface area contributed by atoms with Crippen molar-refractivity contribution in [3.63, 3.8) is 0 Å². The van der Waals surface area contributed by atoms with E-state index in [-0.39, 0.29) is 23.7 Å². The monoisotopic (exact) mass is 371 g/mol. The summed E-state index contributed by atoms with van der Waals surface area (Å²) in [6.07, 6.45) is 4.76. The van der Waals surface area contributed by atoms with Crippen molar-refractivity contribution in [2.24, 2.45) is 0 Å². The minimum atomic E-state index is -0.256. The van der Waals surface area contributed by atoms with E-state index in [2.05, 4.69) is 20.5 Å². The fourth-order valence-corrected chi connectivity index (χ4v) is 3.09. The molecule has 1 aliphatic rings. The number of carbonyl (C=O) groups excluding carboxylic acids is 1. The summed E-state index contributed by atoms with van der Waals surface area (Å²) >= 11 is 6.03. The number of hydrogen-bond acceptors (Lipinski definition) is 6. The number of aryl methyl sites for hydroxylation is 1. The van der Waals surface area contributed by atoms with Crippen molar-refractivity contribution < 1.29 is 9.53 Å². The van der Waals surface area contributed by atoms with E-state index in [0.29, 0.717) is 22.2 Å². The van der Waals surface area contributed by atoms with Crippen LogP contribution in [-0.2, 0) is 0 Å². The molecule has 134 valence electrons. The smallest absolute Gasteiger partial charge is 0.273 e. The summed E-state index contributed by atoms with van der Waals surface area (Å²) < 4.78 is 5.95. The van der Waals surface area contributed by atoms with Gasteiger partial charge in [-0.25, -0.2) is 4.98 Å². The lowest BCUT2D eigenvalue weighted by Gasteiger charge is -2.29. The number of rotatable bonds is 4.